The molecule has 0 radical (unpaired) electrons. The molecule has 2 nitrogen and oxygen atoms in total. The second-order valence-corrected chi connectivity index (χ2v) is 6.57. The Bertz CT molecular complexity index is 994. The molecule has 122 valence electrons. The fraction of sp³-hybridized carbons (Fsp3) is 0. The van der Waals surface area contributed by atoms with E-state index in [2.05, 4.69) is 12.6 Å². The van der Waals surface area contributed by atoms with E-state index in [-0.39, 0.29) is 0 Å². The van der Waals surface area contributed by atoms with E-state index < -0.39 is 0 Å². The first-order chi connectivity index (χ1) is 12.2. The predicted octanol–water partition coefficient (Wildman–Crippen LogP) is 6.15. The first-order valence-electron chi connectivity index (χ1n) is 7.93. The molecule has 0 spiro atoms. The lowest BCUT2D eigenvalue weighted by molar-refractivity contribution is 0.890. The number of rotatable bonds is 3. The lowest BCUT2D eigenvalue weighted by Crippen LogP contribution is -1.99. The minimum atomic E-state index is 0.646. The molecule has 4 heteroatoms. The number of thiol groups is 1. The van der Waals surface area contributed by atoms with Gasteiger partial charge in [0.2, 0.25) is 0 Å². The molecule has 0 fully saturated rings. The Morgan fingerprint density at radius 3 is 1.88 bits per heavy atom. The zero-order chi connectivity index (χ0) is 17.2. The van der Waals surface area contributed by atoms with Crippen LogP contribution in [0.15, 0.2) is 89.8 Å². The van der Waals surface area contributed by atoms with Crippen molar-refractivity contribution < 1.29 is 0 Å². The first kappa shape index (κ1) is 16.0. The van der Waals surface area contributed by atoms with Crippen molar-refractivity contribution in [1.29, 1.82) is 0 Å². The molecule has 0 amide bonds. The summed E-state index contributed by atoms with van der Waals surface area (Å²) in [6.07, 6.45) is 0. The van der Waals surface area contributed by atoms with Gasteiger partial charge in [0.05, 0.1) is 16.4 Å². The normalized spacial score (nSPS) is 10.8. The molecule has 25 heavy (non-hydrogen) atoms. The summed E-state index contributed by atoms with van der Waals surface area (Å²) in [6, 6.07) is 28.0. The molecule has 0 aliphatic carbocycles. The molecular formula is C21H15ClN2S. The number of hydrogen-bond acceptors (Lipinski definition) is 2. The fourth-order valence-electron chi connectivity index (χ4n) is 2.81. The van der Waals surface area contributed by atoms with Crippen LogP contribution in [0.4, 0.5) is 0 Å². The molecule has 0 atom stereocenters. The average molecular weight is 363 g/mol. The first-order valence-corrected chi connectivity index (χ1v) is 8.75. The van der Waals surface area contributed by atoms with Crippen LogP contribution in [-0.4, -0.2) is 9.78 Å². The zero-order valence-electron chi connectivity index (χ0n) is 13.3. The van der Waals surface area contributed by atoms with Gasteiger partial charge in [-0.25, -0.2) is 4.68 Å². The smallest absolute Gasteiger partial charge is 0.112 e. The third-order valence-electron chi connectivity index (χ3n) is 4.02. The largest absolute Gasteiger partial charge is 0.231 e. The van der Waals surface area contributed by atoms with E-state index in [0.717, 1.165) is 33.1 Å². The summed E-state index contributed by atoms with van der Waals surface area (Å²) in [5.41, 5.74) is 4.62. The highest BCUT2D eigenvalue weighted by atomic mass is 35.5. The molecule has 1 heterocycles. The highest BCUT2D eigenvalue weighted by Crippen LogP contribution is 2.37. The molecule has 0 aliphatic heterocycles. The topological polar surface area (TPSA) is 17.8 Å². The van der Waals surface area contributed by atoms with Crippen LogP contribution in [0.2, 0.25) is 5.02 Å². The maximum atomic E-state index is 6.78. The number of benzene rings is 3. The lowest BCUT2D eigenvalue weighted by Gasteiger charge is -2.08. The molecular weight excluding hydrogens is 348 g/mol. The van der Waals surface area contributed by atoms with E-state index in [0.29, 0.717) is 5.02 Å². The number of hydrogen-bond donors (Lipinski definition) is 1. The van der Waals surface area contributed by atoms with Gasteiger partial charge >= 0.3 is 0 Å². The molecule has 0 saturated carbocycles. The minimum absolute atomic E-state index is 0.646. The van der Waals surface area contributed by atoms with E-state index in [1.165, 1.54) is 0 Å². The third-order valence-corrected chi connectivity index (χ3v) is 4.67. The van der Waals surface area contributed by atoms with Crippen LogP contribution in [0.5, 0.6) is 0 Å². The highest BCUT2D eigenvalue weighted by Gasteiger charge is 2.19. The van der Waals surface area contributed by atoms with Gasteiger partial charge in [-0.05, 0) is 24.3 Å². The van der Waals surface area contributed by atoms with E-state index in [9.17, 15) is 0 Å². The van der Waals surface area contributed by atoms with Crippen LogP contribution in [0.3, 0.4) is 0 Å². The van der Waals surface area contributed by atoms with Crippen LogP contribution in [0.25, 0.3) is 28.2 Å². The van der Waals surface area contributed by atoms with Crippen molar-refractivity contribution in [2.24, 2.45) is 0 Å². The van der Waals surface area contributed by atoms with Crippen LogP contribution in [0.1, 0.15) is 0 Å². The monoisotopic (exact) mass is 362 g/mol. The Morgan fingerprint density at radius 1 is 0.720 bits per heavy atom. The second kappa shape index (κ2) is 6.79. The second-order valence-electron chi connectivity index (χ2n) is 5.67. The predicted molar refractivity (Wildman–Crippen MR) is 107 cm³/mol. The fourth-order valence-corrected chi connectivity index (χ4v) is 3.29. The molecule has 1 aromatic heterocycles. The number of aromatic nitrogens is 2. The van der Waals surface area contributed by atoms with Crippen molar-refractivity contribution in [3.8, 4) is 28.2 Å². The Morgan fingerprint density at radius 2 is 1.28 bits per heavy atom. The summed E-state index contributed by atoms with van der Waals surface area (Å²) in [5, 5.41) is 5.46. The van der Waals surface area contributed by atoms with Crippen molar-refractivity contribution in [1.82, 2.24) is 9.78 Å². The van der Waals surface area contributed by atoms with Gasteiger partial charge < -0.3 is 0 Å². The Balaban J connectivity index is 1.97. The van der Waals surface area contributed by atoms with Crippen molar-refractivity contribution in [3.63, 3.8) is 0 Å². The summed E-state index contributed by atoms with van der Waals surface area (Å²) in [5.74, 6) is 0. The van der Waals surface area contributed by atoms with Gasteiger partial charge in [-0.2, -0.15) is 5.10 Å². The maximum absolute atomic E-state index is 6.78. The molecule has 3 aromatic carbocycles. The quantitative estimate of drug-likeness (QED) is 0.433. The molecule has 0 N–H and O–H groups in total. The van der Waals surface area contributed by atoms with E-state index >= 15 is 0 Å². The van der Waals surface area contributed by atoms with Gasteiger partial charge in [0.25, 0.3) is 0 Å². The van der Waals surface area contributed by atoms with Crippen molar-refractivity contribution in [2.75, 3.05) is 0 Å². The number of halogens is 1. The summed E-state index contributed by atoms with van der Waals surface area (Å²) < 4.78 is 1.90. The van der Waals surface area contributed by atoms with Gasteiger partial charge in [-0.3, -0.25) is 0 Å². The standard InChI is InChI=1S/C21H15ClN2S/c22-19-20(15-7-3-1-4-8-15)23-24(17-11-13-18(25)14-12-17)21(19)16-9-5-2-6-10-16/h1-14,25H. The summed E-state index contributed by atoms with van der Waals surface area (Å²) in [6.45, 7) is 0. The van der Waals surface area contributed by atoms with Crippen LogP contribution >= 0.6 is 24.2 Å². The lowest BCUT2D eigenvalue weighted by atomic mass is 10.1. The van der Waals surface area contributed by atoms with E-state index in [1.54, 1.807) is 0 Å². The van der Waals surface area contributed by atoms with E-state index in [1.807, 2.05) is 89.6 Å². The molecule has 0 saturated heterocycles. The SMILES string of the molecule is Sc1ccc(-n2nc(-c3ccccc3)c(Cl)c2-c2ccccc2)cc1. The van der Waals surface area contributed by atoms with Gasteiger partial charge in [-0.15, -0.1) is 12.6 Å². The zero-order valence-corrected chi connectivity index (χ0v) is 15.0. The Kier molecular flexibility index (Phi) is 4.35. The molecule has 4 aromatic rings. The summed E-state index contributed by atoms with van der Waals surface area (Å²) in [4.78, 5) is 0.909. The van der Waals surface area contributed by atoms with Gasteiger partial charge in [0.15, 0.2) is 0 Å². The Hall–Kier alpha value is -2.49. The number of nitrogens with zero attached hydrogens (tertiary/aromatic N) is 2. The van der Waals surface area contributed by atoms with Crippen molar-refractivity contribution in [3.05, 3.63) is 90.0 Å². The molecule has 0 aliphatic rings. The summed E-state index contributed by atoms with van der Waals surface area (Å²) in [7, 11) is 0. The average Bonchev–Trinajstić information content (AvgIpc) is 3.01. The van der Waals surface area contributed by atoms with Crippen molar-refractivity contribution in [2.45, 2.75) is 4.90 Å². The highest BCUT2D eigenvalue weighted by molar-refractivity contribution is 7.80. The van der Waals surface area contributed by atoms with Crippen LogP contribution in [0, 0.1) is 0 Å². The van der Waals surface area contributed by atoms with Gasteiger partial charge in [-0.1, -0.05) is 72.3 Å². The van der Waals surface area contributed by atoms with Gasteiger partial charge in [0, 0.05) is 16.0 Å². The third kappa shape index (κ3) is 3.09. The molecule has 0 unspecified atom stereocenters. The molecule has 0 bridgehead atoms. The minimum Gasteiger partial charge on any atom is -0.231 e. The maximum Gasteiger partial charge on any atom is 0.112 e. The molecule has 4 rings (SSSR count). The van der Waals surface area contributed by atoms with E-state index in [4.69, 9.17) is 16.7 Å². The van der Waals surface area contributed by atoms with Crippen molar-refractivity contribution >= 4 is 24.2 Å². The summed E-state index contributed by atoms with van der Waals surface area (Å²) >= 11 is 11.1. The van der Waals surface area contributed by atoms with Gasteiger partial charge in [0.1, 0.15) is 5.69 Å². The van der Waals surface area contributed by atoms with Crippen LogP contribution in [-0.2, 0) is 0 Å². The Labute approximate surface area is 157 Å². The van der Waals surface area contributed by atoms with Crippen LogP contribution < -0.4 is 0 Å².